The molecule has 1 N–H and O–H groups in total. The molecule has 3 aromatic rings. The van der Waals surface area contributed by atoms with Crippen LogP contribution in [0, 0.1) is 11.6 Å². The number of sulfonamides is 1. The van der Waals surface area contributed by atoms with Gasteiger partial charge in [-0.3, -0.25) is 4.72 Å². The first-order chi connectivity index (χ1) is 13.4. The molecule has 6 nitrogen and oxygen atoms in total. The average molecular weight is 404 g/mol. The predicted molar refractivity (Wildman–Crippen MR) is 100 cm³/mol. The lowest BCUT2D eigenvalue weighted by atomic mass is 10.2. The number of nitrogens with zero attached hydrogens (tertiary/aromatic N) is 3. The van der Waals surface area contributed by atoms with Crippen LogP contribution in [0.3, 0.4) is 0 Å². The van der Waals surface area contributed by atoms with E-state index in [2.05, 4.69) is 19.5 Å². The van der Waals surface area contributed by atoms with Gasteiger partial charge in [0.15, 0.2) is 17.5 Å². The largest absolute Gasteiger partial charge is 0.311 e. The molecule has 1 aliphatic heterocycles. The summed E-state index contributed by atoms with van der Waals surface area (Å²) < 4.78 is 56.0. The third-order valence-electron chi connectivity index (χ3n) is 4.68. The summed E-state index contributed by atoms with van der Waals surface area (Å²) in [6.07, 6.45) is 4.12. The molecule has 0 bridgehead atoms. The fourth-order valence-corrected chi connectivity index (χ4v) is 4.34. The molecule has 0 amide bonds. The maximum absolute atomic E-state index is 13.4. The van der Waals surface area contributed by atoms with E-state index in [0.29, 0.717) is 17.6 Å². The lowest BCUT2D eigenvalue weighted by molar-refractivity contribution is 0.504. The fraction of sp³-hybridized carbons (Fsp3) is 0.263. The van der Waals surface area contributed by atoms with Crippen molar-refractivity contribution in [1.82, 2.24) is 14.8 Å². The van der Waals surface area contributed by atoms with E-state index in [1.807, 2.05) is 6.07 Å². The van der Waals surface area contributed by atoms with E-state index in [0.717, 1.165) is 55.7 Å². The molecule has 0 unspecified atom stereocenters. The van der Waals surface area contributed by atoms with E-state index in [1.165, 1.54) is 0 Å². The molecule has 1 aliphatic rings. The second kappa shape index (κ2) is 7.31. The van der Waals surface area contributed by atoms with E-state index in [9.17, 15) is 17.2 Å². The lowest BCUT2D eigenvalue weighted by Crippen LogP contribution is -2.13. The van der Waals surface area contributed by atoms with E-state index < -0.39 is 21.7 Å². The Morgan fingerprint density at radius 2 is 1.82 bits per heavy atom. The quantitative estimate of drug-likeness (QED) is 0.719. The summed E-state index contributed by atoms with van der Waals surface area (Å²) in [6.45, 7) is 0.822. The van der Waals surface area contributed by atoms with Crippen molar-refractivity contribution in [3.8, 4) is 11.4 Å². The van der Waals surface area contributed by atoms with Crippen LogP contribution in [0.25, 0.3) is 11.4 Å². The Morgan fingerprint density at radius 1 is 0.964 bits per heavy atom. The molecule has 0 atom stereocenters. The molecule has 0 saturated heterocycles. The van der Waals surface area contributed by atoms with Gasteiger partial charge in [0.05, 0.1) is 4.90 Å². The maximum atomic E-state index is 13.4. The first-order valence-electron chi connectivity index (χ1n) is 8.94. The van der Waals surface area contributed by atoms with Crippen LogP contribution in [0.4, 0.5) is 14.5 Å². The smallest absolute Gasteiger partial charge is 0.261 e. The average Bonchev–Trinajstić information content (AvgIpc) is 2.92. The molecule has 146 valence electrons. The fourth-order valence-electron chi connectivity index (χ4n) is 3.28. The van der Waals surface area contributed by atoms with Crippen molar-refractivity contribution < 1.29 is 17.2 Å². The van der Waals surface area contributed by atoms with Gasteiger partial charge >= 0.3 is 0 Å². The highest BCUT2D eigenvalue weighted by Gasteiger charge is 2.19. The Morgan fingerprint density at radius 3 is 2.64 bits per heavy atom. The number of nitrogens with one attached hydrogen (secondary N) is 1. The van der Waals surface area contributed by atoms with E-state index >= 15 is 0 Å². The van der Waals surface area contributed by atoms with Gasteiger partial charge in [-0.2, -0.15) is 0 Å². The van der Waals surface area contributed by atoms with Gasteiger partial charge in [-0.05, 0) is 43.2 Å². The van der Waals surface area contributed by atoms with Gasteiger partial charge in [0, 0.05) is 24.2 Å². The normalized spacial score (nSPS) is 14.4. The van der Waals surface area contributed by atoms with Crippen molar-refractivity contribution >= 4 is 15.7 Å². The van der Waals surface area contributed by atoms with Crippen LogP contribution < -0.4 is 4.72 Å². The predicted octanol–water partition coefficient (Wildman–Crippen LogP) is 3.75. The monoisotopic (exact) mass is 404 g/mol. The van der Waals surface area contributed by atoms with E-state index in [1.54, 1.807) is 18.2 Å². The highest BCUT2D eigenvalue weighted by Crippen LogP contribution is 2.26. The number of anilines is 1. The van der Waals surface area contributed by atoms with Gasteiger partial charge in [0.25, 0.3) is 10.0 Å². The first-order valence-corrected chi connectivity index (χ1v) is 10.4. The Kier molecular flexibility index (Phi) is 4.84. The first kappa shape index (κ1) is 18.5. The number of benzene rings is 2. The molecule has 0 spiro atoms. The molecule has 4 rings (SSSR count). The van der Waals surface area contributed by atoms with Crippen LogP contribution >= 0.6 is 0 Å². The zero-order valence-electron chi connectivity index (χ0n) is 14.9. The molecule has 2 heterocycles. The SMILES string of the molecule is O=S(=O)(Nc1cccc(-c2nnc3n2CCCCC3)c1)c1ccc(F)c(F)c1. The second-order valence-corrected chi connectivity index (χ2v) is 8.35. The summed E-state index contributed by atoms with van der Waals surface area (Å²) >= 11 is 0. The third kappa shape index (κ3) is 3.62. The van der Waals surface area contributed by atoms with Crippen LogP contribution in [-0.2, 0) is 23.0 Å². The molecule has 2 aromatic carbocycles. The number of halogens is 2. The van der Waals surface area contributed by atoms with Crippen LogP contribution in [-0.4, -0.2) is 23.2 Å². The number of hydrogen-bond acceptors (Lipinski definition) is 4. The third-order valence-corrected chi connectivity index (χ3v) is 6.06. The van der Waals surface area contributed by atoms with E-state index in [-0.39, 0.29) is 4.90 Å². The second-order valence-electron chi connectivity index (χ2n) is 6.66. The molecule has 1 aromatic heterocycles. The lowest BCUT2D eigenvalue weighted by Gasteiger charge is -2.11. The van der Waals surface area contributed by atoms with Crippen LogP contribution in [0.2, 0.25) is 0 Å². The van der Waals surface area contributed by atoms with Crippen LogP contribution in [0.1, 0.15) is 25.1 Å². The number of hydrogen-bond donors (Lipinski definition) is 1. The van der Waals surface area contributed by atoms with Gasteiger partial charge in [-0.15, -0.1) is 10.2 Å². The van der Waals surface area contributed by atoms with Gasteiger partial charge < -0.3 is 4.57 Å². The zero-order chi connectivity index (χ0) is 19.7. The topological polar surface area (TPSA) is 76.9 Å². The molecule has 0 saturated carbocycles. The van der Waals surface area contributed by atoms with E-state index in [4.69, 9.17) is 0 Å². The minimum atomic E-state index is -4.06. The highest BCUT2D eigenvalue weighted by atomic mass is 32.2. The van der Waals surface area contributed by atoms with Crippen molar-refractivity contribution in [2.24, 2.45) is 0 Å². The molecule has 9 heteroatoms. The Labute approximate surface area is 161 Å². The molecular formula is C19H18F2N4O2S. The van der Waals surface area contributed by atoms with Gasteiger partial charge in [-0.25, -0.2) is 17.2 Å². The summed E-state index contributed by atoms with van der Waals surface area (Å²) in [5.74, 6) is -0.706. The van der Waals surface area contributed by atoms with Crippen molar-refractivity contribution in [3.05, 3.63) is 59.9 Å². The minimum Gasteiger partial charge on any atom is -0.311 e. The van der Waals surface area contributed by atoms with Gasteiger partial charge in [0.2, 0.25) is 0 Å². The number of rotatable bonds is 4. The minimum absolute atomic E-state index is 0.299. The molecule has 0 fully saturated rings. The standard InChI is InChI=1S/C19H18F2N4O2S/c20-16-9-8-15(12-17(16)21)28(26,27)24-14-6-4-5-13(11-14)19-23-22-18-7-2-1-3-10-25(18)19/h4-6,8-9,11-12,24H,1-3,7,10H2. The number of aromatic nitrogens is 3. The van der Waals surface area contributed by atoms with Crippen molar-refractivity contribution in [2.45, 2.75) is 37.1 Å². The van der Waals surface area contributed by atoms with Gasteiger partial charge in [0.1, 0.15) is 5.82 Å². The summed E-state index contributed by atoms with van der Waals surface area (Å²) in [5.41, 5.74) is 1.03. The number of aryl methyl sites for hydroxylation is 1. The zero-order valence-corrected chi connectivity index (χ0v) is 15.7. The molecule has 0 radical (unpaired) electrons. The Hall–Kier alpha value is -2.81. The summed E-state index contributed by atoms with van der Waals surface area (Å²) in [6, 6.07) is 9.23. The van der Waals surface area contributed by atoms with Gasteiger partial charge in [-0.1, -0.05) is 18.6 Å². The van der Waals surface area contributed by atoms with Crippen LogP contribution in [0.5, 0.6) is 0 Å². The summed E-state index contributed by atoms with van der Waals surface area (Å²) in [7, 11) is -4.06. The highest BCUT2D eigenvalue weighted by molar-refractivity contribution is 7.92. The molecule has 0 aliphatic carbocycles. The molecular weight excluding hydrogens is 386 g/mol. The Balaban J connectivity index is 1.64. The van der Waals surface area contributed by atoms with Crippen LogP contribution in [0.15, 0.2) is 47.4 Å². The Bertz CT molecular complexity index is 1130. The number of fused-ring (bicyclic) bond motifs is 1. The summed E-state index contributed by atoms with van der Waals surface area (Å²) in [4.78, 5) is -0.354. The van der Waals surface area contributed by atoms with Crippen molar-refractivity contribution in [3.63, 3.8) is 0 Å². The maximum Gasteiger partial charge on any atom is 0.261 e. The van der Waals surface area contributed by atoms with Crippen molar-refractivity contribution in [2.75, 3.05) is 4.72 Å². The van der Waals surface area contributed by atoms with Crippen molar-refractivity contribution in [1.29, 1.82) is 0 Å². The summed E-state index contributed by atoms with van der Waals surface area (Å²) in [5, 5.41) is 8.53. The molecule has 28 heavy (non-hydrogen) atoms.